The summed E-state index contributed by atoms with van der Waals surface area (Å²) in [4.78, 5) is 11.4. The van der Waals surface area contributed by atoms with Crippen molar-refractivity contribution in [3.05, 3.63) is 18.0 Å². The molecule has 0 aliphatic heterocycles. The Morgan fingerprint density at radius 3 is 2.88 bits per heavy atom. The molecular weight excluding hydrogens is 206 g/mol. The number of nitrogens with zero attached hydrogens (tertiary/aromatic N) is 1. The zero-order valence-corrected chi connectivity index (χ0v) is 9.99. The van der Waals surface area contributed by atoms with E-state index in [0.29, 0.717) is 17.3 Å². The summed E-state index contributed by atoms with van der Waals surface area (Å²) >= 11 is 0. The first-order valence-electron chi connectivity index (χ1n) is 5.34. The average molecular weight is 225 g/mol. The minimum Gasteiger partial charge on any atom is -0.464 e. The van der Waals surface area contributed by atoms with Crippen LogP contribution >= 0.6 is 0 Å². The van der Waals surface area contributed by atoms with Crippen molar-refractivity contribution in [3.63, 3.8) is 0 Å². The SMILES string of the molecule is COC(=O)c1cc(N)cn1NCCC(C)C. The lowest BCUT2D eigenvalue weighted by Gasteiger charge is -2.11. The van der Waals surface area contributed by atoms with Gasteiger partial charge in [-0.2, -0.15) is 0 Å². The first-order valence-corrected chi connectivity index (χ1v) is 5.34. The van der Waals surface area contributed by atoms with Crippen LogP contribution in [0.25, 0.3) is 0 Å². The molecule has 16 heavy (non-hydrogen) atoms. The molecular formula is C11H19N3O2. The number of anilines is 1. The smallest absolute Gasteiger partial charge is 0.356 e. The lowest BCUT2D eigenvalue weighted by Crippen LogP contribution is -2.21. The van der Waals surface area contributed by atoms with E-state index < -0.39 is 5.97 Å². The summed E-state index contributed by atoms with van der Waals surface area (Å²) < 4.78 is 6.28. The van der Waals surface area contributed by atoms with Gasteiger partial charge in [0.05, 0.1) is 12.8 Å². The summed E-state index contributed by atoms with van der Waals surface area (Å²) in [5, 5.41) is 0. The molecule has 1 rings (SSSR count). The highest BCUT2D eigenvalue weighted by Crippen LogP contribution is 2.10. The van der Waals surface area contributed by atoms with Crippen molar-refractivity contribution in [2.45, 2.75) is 20.3 Å². The normalized spacial score (nSPS) is 10.5. The van der Waals surface area contributed by atoms with Gasteiger partial charge in [-0.1, -0.05) is 13.8 Å². The fourth-order valence-corrected chi connectivity index (χ4v) is 1.35. The van der Waals surface area contributed by atoms with Crippen molar-refractivity contribution in [1.82, 2.24) is 4.68 Å². The van der Waals surface area contributed by atoms with Gasteiger partial charge in [-0.05, 0) is 18.4 Å². The van der Waals surface area contributed by atoms with Gasteiger partial charge in [0, 0.05) is 12.7 Å². The molecule has 0 aromatic carbocycles. The highest BCUT2D eigenvalue weighted by Gasteiger charge is 2.12. The average Bonchev–Trinajstić information content (AvgIpc) is 2.58. The number of ether oxygens (including phenoxy) is 1. The summed E-state index contributed by atoms with van der Waals surface area (Å²) in [5.74, 6) is 0.218. The molecule has 1 heterocycles. The van der Waals surface area contributed by atoms with Crippen LogP contribution in [0.5, 0.6) is 0 Å². The zero-order valence-electron chi connectivity index (χ0n) is 9.99. The maximum absolute atomic E-state index is 11.4. The number of hydrogen-bond donors (Lipinski definition) is 2. The third-order valence-electron chi connectivity index (χ3n) is 2.24. The van der Waals surface area contributed by atoms with Crippen LogP contribution in [0.3, 0.4) is 0 Å². The predicted octanol–water partition coefficient (Wildman–Crippen LogP) is 1.45. The molecule has 0 atom stereocenters. The van der Waals surface area contributed by atoms with Crippen LogP contribution in [-0.2, 0) is 4.74 Å². The van der Waals surface area contributed by atoms with Gasteiger partial charge in [0.1, 0.15) is 5.69 Å². The predicted molar refractivity (Wildman–Crippen MR) is 63.9 cm³/mol. The molecule has 0 fully saturated rings. The number of nitrogen functional groups attached to an aromatic ring is 1. The minimum atomic E-state index is -0.395. The van der Waals surface area contributed by atoms with Gasteiger partial charge in [0.15, 0.2) is 0 Å². The van der Waals surface area contributed by atoms with Gasteiger partial charge in [0.2, 0.25) is 0 Å². The molecule has 0 unspecified atom stereocenters. The highest BCUT2D eigenvalue weighted by molar-refractivity contribution is 5.89. The number of carbonyl (C=O) groups is 1. The molecule has 5 heteroatoms. The number of carbonyl (C=O) groups excluding carboxylic acids is 1. The van der Waals surface area contributed by atoms with E-state index in [1.165, 1.54) is 7.11 Å². The molecule has 1 aromatic rings. The van der Waals surface area contributed by atoms with Gasteiger partial charge < -0.3 is 15.9 Å². The number of methoxy groups -OCH3 is 1. The van der Waals surface area contributed by atoms with E-state index in [-0.39, 0.29) is 0 Å². The fourth-order valence-electron chi connectivity index (χ4n) is 1.35. The zero-order chi connectivity index (χ0) is 12.1. The van der Waals surface area contributed by atoms with Gasteiger partial charge >= 0.3 is 5.97 Å². The number of rotatable bonds is 5. The molecule has 0 spiro atoms. The molecule has 90 valence electrons. The van der Waals surface area contributed by atoms with Crippen molar-refractivity contribution < 1.29 is 9.53 Å². The number of aromatic nitrogens is 1. The number of nitrogens with one attached hydrogen (secondary N) is 1. The molecule has 0 bridgehead atoms. The van der Waals surface area contributed by atoms with Crippen LogP contribution in [-0.4, -0.2) is 24.3 Å². The van der Waals surface area contributed by atoms with Crippen molar-refractivity contribution >= 4 is 11.7 Å². The second kappa shape index (κ2) is 5.44. The Balaban J connectivity index is 2.67. The van der Waals surface area contributed by atoms with Crippen LogP contribution in [0.1, 0.15) is 30.8 Å². The molecule has 5 nitrogen and oxygen atoms in total. The molecule has 0 saturated heterocycles. The third kappa shape index (κ3) is 3.18. The second-order valence-electron chi connectivity index (χ2n) is 4.11. The van der Waals surface area contributed by atoms with E-state index in [4.69, 9.17) is 5.73 Å². The molecule has 0 amide bonds. The Hall–Kier alpha value is -1.65. The van der Waals surface area contributed by atoms with Gasteiger partial charge in [-0.3, -0.25) is 4.68 Å². The molecule has 1 aromatic heterocycles. The summed E-state index contributed by atoms with van der Waals surface area (Å²) in [6.45, 7) is 5.08. The van der Waals surface area contributed by atoms with Gasteiger partial charge in [-0.15, -0.1) is 0 Å². The highest BCUT2D eigenvalue weighted by atomic mass is 16.5. The van der Waals surface area contributed by atoms with Gasteiger partial charge in [-0.25, -0.2) is 4.79 Å². The minimum absolute atomic E-state index is 0.395. The van der Waals surface area contributed by atoms with Crippen LogP contribution in [0.2, 0.25) is 0 Å². The summed E-state index contributed by atoms with van der Waals surface area (Å²) in [6, 6.07) is 1.59. The second-order valence-corrected chi connectivity index (χ2v) is 4.11. The van der Waals surface area contributed by atoms with E-state index in [2.05, 4.69) is 24.0 Å². The number of nitrogens with two attached hydrogens (primary N) is 1. The summed E-state index contributed by atoms with van der Waals surface area (Å²) in [5.41, 5.74) is 9.71. The van der Waals surface area contributed by atoms with E-state index >= 15 is 0 Å². The topological polar surface area (TPSA) is 69.3 Å². The maximum Gasteiger partial charge on any atom is 0.356 e. The molecule has 0 radical (unpaired) electrons. The van der Waals surface area contributed by atoms with Crippen LogP contribution < -0.4 is 11.2 Å². The third-order valence-corrected chi connectivity index (χ3v) is 2.24. The molecule has 0 saturated carbocycles. The Labute approximate surface area is 95.5 Å². The number of esters is 1. The van der Waals surface area contributed by atoms with E-state index in [0.717, 1.165) is 13.0 Å². The lowest BCUT2D eigenvalue weighted by molar-refractivity contribution is 0.0590. The quantitative estimate of drug-likeness (QED) is 0.744. The standard InChI is InChI=1S/C11H19N3O2/c1-8(2)4-5-13-14-7-9(12)6-10(14)11(15)16-3/h6-8,13H,4-5,12H2,1-3H3. The van der Waals surface area contributed by atoms with Crippen molar-refractivity contribution in [1.29, 1.82) is 0 Å². The Bertz CT molecular complexity index is 358. The first-order chi connectivity index (χ1) is 7.54. The monoisotopic (exact) mass is 225 g/mol. The van der Waals surface area contributed by atoms with Crippen molar-refractivity contribution in [2.24, 2.45) is 5.92 Å². The van der Waals surface area contributed by atoms with Crippen LogP contribution in [0.15, 0.2) is 12.3 Å². The molecule has 0 aliphatic carbocycles. The maximum atomic E-state index is 11.4. The van der Waals surface area contributed by atoms with Crippen molar-refractivity contribution in [2.75, 3.05) is 24.8 Å². The molecule has 3 N–H and O–H groups in total. The fraction of sp³-hybridized carbons (Fsp3) is 0.545. The molecule has 0 aliphatic rings. The van der Waals surface area contributed by atoms with E-state index in [9.17, 15) is 4.79 Å². The Morgan fingerprint density at radius 2 is 2.31 bits per heavy atom. The van der Waals surface area contributed by atoms with E-state index in [1.54, 1.807) is 16.9 Å². The Kier molecular flexibility index (Phi) is 4.22. The lowest BCUT2D eigenvalue weighted by atomic mass is 10.1. The van der Waals surface area contributed by atoms with E-state index in [1.807, 2.05) is 0 Å². The van der Waals surface area contributed by atoms with Crippen LogP contribution in [0, 0.1) is 5.92 Å². The summed E-state index contributed by atoms with van der Waals surface area (Å²) in [6.07, 6.45) is 2.70. The van der Waals surface area contributed by atoms with Gasteiger partial charge in [0.25, 0.3) is 0 Å². The Morgan fingerprint density at radius 1 is 1.62 bits per heavy atom. The largest absolute Gasteiger partial charge is 0.464 e. The summed E-state index contributed by atoms with van der Waals surface area (Å²) in [7, 11) is 1.35. The first kappa shape index (κ1) is 12.4. The van der Waals surface area contributed by atoms with Crippen molar-refractivity contribution in [3.8, 4) is 0 Å². The van der Waals surface area contributed by atoms with Crippen LogP contribution in [0.4, 0.5) is 5.69 Å². The number of hydrogen-bond acceptors (Lipinski definition) is 4.